The minimum Gasteiger partial charge on any atom is -0.260 e. The standard InChI is InChI=1S/2C28H27N2.C27H25N2/c1-18-8-10-20(11-9-18)21-12-13-26(30(5)17-21)23-16-24-22-7-6-14-29-27(22)28(3,4)25(24)15-19(23)2;1-18-8-10-20(11-9-18)21-12-14-30(5)26(16-21)23-17-24-22-7-6-13-29-27(22)28(3,4)25(24)15-19(23)2;1-18-15-24-23(21-11-8-14-28-26(21)27(24,2)3)16-22(18)25-13-12-20(17-29(25)4)19-9-6-5-7-10-19/h2*6-17H,1-5H3;5-17H,1-4H3/q3*+1/i;3D3,4D3;. The highest BCUT2D eigenvalue weighted by Gasteiger charge is 2.40. The molecule has 15 rings (SSSR count). The molecule has 438 valence electrons. The summed E-state index contributed by atoms with van der Waals surface area (Å²) in [5.41, 5.74) is 29.3. The molecule has 0 aliphatic heterocycles. The summed E-state index contributed by atoms with van der Waals surface area (Å²) >= 11 is 0. The molecule has 0 spiro atoms. The molecule has 0 saturated carbocycles. The predicted molar refractivity (Wildman–Crippen MR) is 365 cm³/mol. The Bertz CT molecular complexity index is 4990. The molecule has 3 aliphatic rings. The highest BCUT2D eigenvalue weighted by Crippen LogP contribution is 2.52. The van der Waals surface area contributed by atoms with Crippen molar-refractivity contribution in [3.8, 4) is 101 Å². The minimum absolute atomic E-state index is 0.0609. The van der Waals surface area contributed by atoms with E-state index in [4.69, 9.17) is 18.2 Å². The van der Waals surface area contributed by atoms with Crippen LogP contribution in [-0.2, 0) is 37.4 Å². The Balaban J connectivity index is 0.000000130. The van der Waals surface area contributed by atoms with Gasteiger partial charge in [0.05, 0.1) is 17.1 Å². The first kappa shape index (κ1) is 51.3. The van der Waals surface area contributed by atoms with Gasteiger partial charge in [0.1, 0.15) is 21.1 Å². The monoisotopic (exact) mass is 1170 g/mol. The zero-order valence-corrected chi connectivity index (χ0v) is 53.0. The van der Waals surface area contributed by atoms with Crippen LogP contribution >= 0.6 is 0 Å². The maximum atomic E-state index is 8.38. The molecule has 6 heterocycles. The highest BCUT2D eigenvalue weighted by molar-refractivity contribution is 5.87. The Morgan fingerprint density at radius 3 is 1.10 bits per heavy atom. The number of hydrogen-bond acceptors (Lipinski definition) is 3. The average molecular weight is 1170 g/mol. The van der Waals surface area contributed by atoms with Crippen molar-refractivity contribution in [2.75, 3.05) is 0 Å². The van der Waals surface area contributed by atoms with E-state index in [2.05, 4.69) is 248 Å². The van der Waals surface area contributed by atoms with Crippen molar-refractivity contribution < 1.29 is 21.9 Å². The summed E-state index contributed by atoms with van der Waals surface area (Å²) in [6.07, 6.45) is 11.7. The van der Waals surface area contributed by atoms with Crippen LogP contribution in [0.15, 0.2) is 225 Å². The fraction of sp³-hybridized carbons (Fsp3) is 0.205. The van der Waals surface area contributed by atoms with Crippen molar-refractivity contribution in [2.24, 2.45) is 21.1 Å². The molecule has 0 bridgehead atoms. The van der Waals surface area contributed by atoms with Crippen LogP contribution in [0.4, 0.5) is 0 Å². The molecular weight excluding hydrogens is 1080 g/mol. The van der Waals surface area contributed by atoms with Crippen molar-refractivity contribution >= 4 is 0 Å². The van der Waals surface area contributed by atoms with Gasteiger partial charge in [-0.3, -0.25) is 15.0 Å². The zero-order chi connectivity index (χ0) is 67.3. The highest BCUT2D eigenvalue weighted by atomic mass is 14.9. The van der Waals surface area contributed by atoms with Gasteiger partial charge in [0, 0.05) is 112 Å². The molecule has 0 amide bonds. The number of aromatic nitrogens is 6. The van der Waals surface area contributed by atoms with E-state index in [1.165, 1.54) is 118 Å². The molecule has 6 nitrogen and oxygen atoms in total. The van der Waals surface area contributed by atoms with E-state index < -0.39 is 19.1 Å². The van der Waals surface area contributed by atoms with Gasteiger partial charge in [-0.25, -0.2) is 13.7 Å². The second-order valence-corrected chi connectivity index (χ2v) is 25.7. The quantitative estimate of drug-likeness (QED) is 0.156. The first-order valence-electron chi connectivity index (χ1n) is 33.7. The predicted octanol–water partition coefficient (Wildman–Crippen LogP) is 18.2. The van der Waals surface area contributed by atoms with E-state index >= 15 is 0 Å². The summed E-state index contributed by atoms with van der Waals surface area (Å²) in [4.78, 5) is 13.8. The Labute approximate surface area is 535 Å². The van der Waals surface area contributed by atoms with Crippen LogP contribution in [0.3, 0.4) is 0 Å². The van der Waals surface area contributed by atoms with Gasteiger partial charge in [-0.2, -0.15) is 0 Å². The molecular formula is C83H79N6+3. The third-order valence-corrected chi connectivity index (χ3v) is 18.8. The maximum Gasteiger partial charge on any atom is 0.213 e. The van der Waals surface area contributed by atoms with Crippen LogP contribution in [0.1, 0.15) is 111 Å². The van der Waals surface area contributed by atoms with Crippen LogP contribution < -0.4 is 13.7 Å². The normalized spacial score (nSPS) is 15.1. The molecule has 0 saturated heterocycles. The van der Waals surface area contributed by atoms with Crippen LogP contribution in [0.5, 0.6) is 0 Å². The Kier molecular flexibility index (Phi) is 12.9. The molecule has 6 aromatic heterocycles. The van der Waals surface area contributed by atoms with Crippen LogP contribution in [0, 0.1) is 34.6 Å². The van der Waals surface area contributed by atoms with Gasteiger partial charge >= 0.3 is 0 Å². The van der Waals surface area contributed by atoms with Crippen molar-refractivity contribution in [3.63, 3.8) is 0 Å². The van der Waals surface area contributed by atoms with Crippen molar-refractivity contribution in [2.45, 2.75) is 92.3 Å². The molecule has 3 aliphatic carbocycles. The van der Waals surface area contributed by atoms with Crippen molar-refractivity contribution in [1.82, 2.24) is 15.0 Å². The summed E-state index contributed by atoms with van der Waals surface area (Å²) in [5.74, 6) is 0. The lowest BCUT2D eigenvalue weighted by Crippen LogP contribution is -2.31. The van der Waals surface area contributed by atoms with E-state index in [1.807, 2.05) is 55.3 Å². The second-order valence-electron chi connectivity index (χ2n) is 25.7. The molecule has 6 aromatic carbocycles. The van der Waals surface area contributed by atoms with Gasteiger partial charge in [0.2, 0.25) is 17.1 Å². The Morgan fingerprint density at radius 2 is 0.685 bits per heavy atom. The third-order valence-electron chi connectivity index (χ3n) is 18.8. The third kappa shape index (κ3) is 10.3. The fourth-order valence-corrected chi connectivity index (χ4v) is 13.8. The number of benzene rings is 6. The van der Waals surface area contributed by atoms with Gasteiger partial charge < -0.3 is 0 Å². The average Bonchev–Trinajstić information content (AvgIpc) is 1.54. The molecule has 0 fully saturated rings. The number of rotatable bonds is 6. The van der Waals surface area contributed by atoms with Gasteiger partial charge in [0.15, 0.2) is 18.6 Å². The molecule has 0 atom stereocenters. The molecule has 6 heteroatoms. The lowest BCUT2D eigenvalue weighted by Gasteiger charge is -2.21. The first-order chi connectivity index (χ1) is 45.2. The van der Waals surface area contributed by atoms with Crippen LogP contribution in [0.25, 0.3) is 101 Å². The Morgan fingerprint density at radius 1 is 0.315 bits per heavy atom. The minimum atomic E-state index is -2.82. The van der Waals surface area contributed by atoms with Gasteiger partial charge in [-0.1, -0.05) is 168 Å². The number of pyridine rings is 6. The fourth-order valence-electron chi connectivity index (χ4n) is 13.8. The van der Waals surface area contributed by atoms with E-state index in [1.54, 1.807) is 18.2 Å². The molecule has 89 heavy (non-hydrogen) atoms. The largest absolute Gasteiger partial charge is 0.260 e. The lowest BCUT2D eigenvalue weighted by molar-refractivity contribution is -0.660. The molecule has 12 aromatic rings. The van der Waals surface area contributed by atoms with Crippen molar-refractivity contribution in [3.05, 3.63) is 287 Å². The summed E-state index contributed by atoms with van der Waals surface area (Å²) in [5, 5.41) is 0. The molecule has 0 radical (unpaired) electrons. The van der Waals surface area contributed by atoms with E-state index in [-0.39, 0.29) is 22.1 Å². The van der Waals surface area contributed by atoms with Crippen LogP contribution in [-0.4, -0.2) is 15.0 Å². The van der Waals surface area contributed by atoms with Crippen molar-refractivity contribution in [1.29, 1.82) is 0 Å². The van der Waals surface area contributed by atoms with E-state index in [9.17, 15) is 0 Å². The topological polar surface area (TPSA) is 50.3 Å². The lowest BCUT2D eigenvalue weighted by atomic mass is 9.83. The number of hydrogen-bond donors (Lipinski definition) is 0. The summed E-state index contributed by atoms with van der Waals surface area (Å²) in [7, 11) is 6.23. The van der Waals surface area contributed by atoms with E-state index in [0.717, 1.165) is 27.9 Å². The number of aryl methyl sites for hydroxylation is 8. The van der Waals surface area contributed by atoms with Gasteiger partial charge in [-0.05, 0) is 155 Å². The van der Waals surface area contributed by atoms with E-state index in [0.29, 0.717) is 11.1 Å². The smallest absolute Gasteiger partial charge is 0.213 e. The van der Waals surface area contributed by atoms with Gasteiger partial charge in [0.25, 0.3) is 0 Å². The Hall–Kier alpha value is -9.78. The zero-order valence-electron chi connectivity index (χ0n) is 59.0. The first-order valence-corrected chi connectivity index (χ1v) is 30.7. The number of nitrogens with zero attached hydrogens (tertiary/aromatic N) is 6. The SMILES string of the molecule is Cc1cc2c(cc1-c1ccc(-c3ccccc3)c[n+]1C)-c1cccnc1C2(C)C.Cc1ccc(-c2ccc(-c3cc4c(cc3C)C(C)(C)c3ncccc3-4)[n+](C)c2)cc1.[2H]C([2H])([2H])C1(C([2H])([2H])[2H])c2cc(C)c(-c3cc(-c4ccc(C)cc4)cc[n+]3C)cc2-c2cccnc21. The maximum absolute atomic E-state index is 8.38. The number of fused-ring (bicyclic) bond motifs is 9. The summed E-state index contributed by atoms with van der Waals surface area (Å²) in [6.45, 7) is 14.0. The second kappa shape index (κ2) is 22.4. The molecule has 0 N–H and O–H groups in total. The molecule has 0 unspecified atom stereocenters. The van der Waals surface area contributed by atoms with Gasteiger partial charge in [-0.15, -0.1) is 0 Å². The van der Waals surface area contributed by atoms with Crippen LogP contribution in [0.2, 0.25) is 0 Å². The summed E-state index contributed by atoms with van der Waals surface area (Å²) in [6, 6.07) is 65.8. The summed E-state index contributed by atoms with van der Waals surface area (Å²) < 4.78 is 56.8.